The second kappa shape index (κ2) is 5.16. The van der Waals surface area contributed by atoms with Crippen LogP contribution in [0, 0.1) is 29.2 Å². The highest BCUT2D eigenvalue weighted by Gasteiger charge is 2.22. The molecule has 17 heavy (non-hydrogen) atoms. The fraction of sp³-hybridized carbons (Fsp3) is 0.364. The molecule has 1 aromatic rings. The largest absolute Gasteiger partial charge is 0.352 e. The number of nitrogens with one attached hydrogen (secondary N) is 1. The fourth-order valence-corrected chi connectivity index (χ4v) is 1.13. The second-order valence-corrected chi connectivity index (χ2v) is 3.95. The number of benzene rings is 1. The molecule has 6 heteroatoms. The van der Waals surface area contributed by atoms with E-state index < -0.39 is 34.7 Å². The predicted octanol–water partition coefficient (Wildman–Crippen LogP) is 2.63. The highest BCUT2D eigenvalue weighted by molar-refractivity contribution is 5.94. The number of amides is 1. The topological polar surface area (TPSA) is 29.1 Å². The molecule has 0 aliphatic heterocycles. The van der Waals surface area contributed by atoms with E-state index in [1.807, 2.05) is 0 Å². The van der Waals surface area contributed by atoms with Gasteiger partial charge in [0, 0.05) is 6.54 Å². The summed E-state index contributed by atoms with van der Waals surface area (Å²) in [5.74, 6) is -8.09. The lowest BCUT2D eigenvalue weighted by Gasteiger charge is -2.09. The number of carbonyl (C=O) groups excluding carboxylic acids is 1. The standard InChI is InChI=1S/C11H11F4NO/c1-5(2)4-16-11(17)6-3-7(12)9(14)10(15)8(6)13/h3,5H,4H2,1-2H3,(H,16,17). The summed E-state index contributed by atoms with van der Waals surface area (Å²) >= 11 is 0. The van der Waals surface area contributed by atoms with Gasteiger partial charge in [-0.25, -0.2) is 17.6 Å². The molecule has 1 amide bonds. The Morgan fingerprint density at radius 3 is 2.29 bits per heavy atom. The second-order valence-electron chi connectivity index (χ2n) is 3.95. The molecule has 0 aliphatic rings. The molecular formula is C11H11F4NO. The van der Waals surface area contributed by atoms with E-state index in [2.05, 4.69) is 5.32 Å². The zero-order valence-electron chi connectivity index (χ0n) is 9.28. The number of hydrogen-bond acceptors (Lipinski definition) is 1. The van der Waals surface area contributed by atoms with Crippen molar-refractivity contribution in [1.29, 1.82) is 0 Å². The Hall–Kier alpha value is -1.59. The van der Waals surface area contributed by atoms with Gasteiger partial charge in [-0.3, -0.25) is 4.79 Å². The first-order chi connectivity index (χ1) is 7.84. The Bertz CT molecular complexity index is 446. The summed E-state index contributed by atoms with van der Waals surface area (Å²) in [7, 11) is 0. The summed E-state index contributed by atoms with van der Waals surface area (Å²) in [4.78, 5) is 11.4. The molecule has 0 fully saturated rings. The van der Waals surface area contributed by atoms with Crippen LogP contribution in [-0.2, 0) is 0 Å². The summed E-state index contributed by atoms with van der Waals surface area (Å²) in [6.07, 6.45) is 0. The van der Waals surface area contributed by atoms with Crippen LogP contribution in [0.3, 0.4) is 0 Å². The number of rotatable bonds is 3. The number of hydrogen-bond donors (Lipinski definition) is 1. The lowest BCUT2D eigenvalue weighted by Crippen LogP contribution is -2.28. The van der Waals surface area contributed by atoms with Gasteiger partial charge in [0.1, 0.15) is 0 Å². The van der Waals surface area contributed by atoms with Crippen molar-refractivity contribution in [2.24, 2.45) is 5.92 Å². The minimum atomic E-state index is -1.99. The van der Waals surface area contributed by atoms with E-state index in [0.717, 1.165) is 0 Å². The van der Waals surface area contributed by atoms with Crippen LogP contribution in [0.4, 0.5) is 17.6 Å². The maximum absolute atomic E-state index is 13.2. The Kier molecular flexibility index (Phi) is 4.09. The summed E-state index contributed by atoms with van der Waals surface area (Å²) in [6, 6.07) is 0.337. The van der Waals surface area contributed by atoms with Gasteiger partial charge in [-0.2, -0.15) is 0 Å². The molecule has 0 heterocycles. The van der Waals surface area contributed by atoms with E-state index in [-0.39, 0.29) is 12.5 Å². The SMILES string of the molecule is CC(C)CNC(=O)c1cc(F)c(F)c(F)c1F. The Labute approximate surface area is 95.6 Å². The van der Waals surface area contributed by atoms with Crippen LogP contribution in [0.1, 0.15) is 24.2 Å². The molecule has 1 rings (SSSR count). The highest BCUT2D eigenvalue weighted by Crippen LogP contribution is 2.18. The van der Waals surface area contributed by atoms with Crippen LogP contribution >= 0.6 is 0 Å². The van der Waals surface area contributed by atoms with Crippen molar-refractivity contribution >= 4 is 5.91 Å². The van der Waals surface area contributed by atoms with Gasteiger partial charge in [0.2, 0.25) is 0 Å². The third-order valence-corrected chi connectivity index (χ3v) is 2.02. The van der Waals surface area contributed by atoms with E-state index in [9.17, 15) is 22.4 Å². The summed E-state index contributed by atoms with van der Waals surface area (Å²) in [5.41, 5.74) is -0.845. The van der Waals surface area contributed by atoms with Gasteiger partial charge in [-0.15, -0.1) is 0 Å². The molecule has 0 aromatic heterocycles. The van der Waals surface area contributed by atoms with Gasteiger partial charge in [0.05, 0.1) is 5.56 Å². The van der Waals surface area contributed by atoms with E-state index in [1.165, 1.54) is 0 Å². The molecule has 2 nitrogen and oxygen atoms in total. The maximum Gasteiger partial charge on any atom is 0.254 e. The lowest BCUT2D eigenvalue weighted by molar-refractivity contribution is 0.0943. The molecule has 0 atom stereocenters. The maximum atomic E-state index is 13.2. The number of carbonyl (C=O) groups is 1. The first-order valence-corrected chi connectivity index (χ1v) is 4.95. The van der Waals surface area contributed by atoms with Crippen molar-refractivity contribution in [2.75, 3.05) is 6.54 Å². The van der Waals surface area contributed by atoms with Crippen molar-refractivity contribution in [1.82, 2.24) is 5.32 Å². The normalized spacial score (nSPS) is 10.8. The van der Waals surface area contributed by atoms with E-state index in [4.69, 9.17) is 0 Å². The minimum Gasteiger partial charge on any atom is -0.352 e. The van der Waals surface area contributed by atoms with Crippen molar-refractivity contribution in [3.63, 3.8) is 0 Å². The fourth-order valence-electron chi connectivity index (χ4n) is 1.13. The summed E-state index contributed by atoms with van der Waals surface area (Å²) in [6.45, 7) is 3.81. The van der Waals surface area contributed by atoms with Crippen LogP contribution in [-0.4, -0.2) is 12.5 Å². The Morgan fingerprint density at radius 2 is 1.76 bits per heavy atom. The van der Waals surface area contributed by atoms with Crippen molar-refractivity contribution in [3.8, 4) is 0 Å². The minimum absolute atomic E-state index is 0.0946. The molecule has 94 valence electrons. The van der Waals surface area contributed by atoms with Gasteiger partial charge in [-0.1, -0.05) is 13.8 Å². The van der Waals surface area contributed by atoms with Gasteiger partial charge in [0.15, 0.2) is 23.3 Å². The number of halogens is 4. The average Bonchev–Trinajstić information content (AvgIpc) is 2.28. The molecule has 0 aliphatic carbocycles. The Morgan fingerprint density at radius 1 is 1.18 bits per heavy atom. The van der Waals surface area contributed by atoms with Gasteiger partial charge >= 0.3 is 0 Å². The van der Waals surface area contributed by atoms with Crippen LogP contribution in [0.15, 0.2) is 6.07 Å². The van der Waals surface area contributed by atoms with Crippen molar-refractivity contribution in [2.45, 2.75) is 13.8 Å². The zero-order valence-corrected chi connectivity index (χ0v) is 9.28. The van der Waals surface area contributed by atoms with Crippen LogP contribution in [0.2, 0.25) is 0 Å². The predicted molar refractivity (Wildman–Crippen MR) is 53.4 cm³/mol. The van der Waals surface area contributed by atoms with E-state index >= 15 is 0 Å². The van der Waals surface area contributed by atoms with Gasteiger partial charge in [-0.05, 0) is 12.0 Å². The molecule has 0 spiro atoms. The highest BCUT2D eigenvalue weighted by atomic mass is 19.2. The average molecular weight is 249 g/mol. The molecule has 1 aromatic carbocycles. The quantitative estimate of drug-likeness (QED) is 0.498. The third kappa shape index (κ3) is 2.95. The van der Waals surface area contributed by atoms with Crippen LogP contribution in [0.5, 0.6) is 0 Å². The van der Waals surface area contributed by atoms with Crippen molar-refractivity contribution in [3.05, 3.63) is 34.9 Å². The smallest absolute Gasteiger partial charge is 0.254 e. The molecule has 0 bridgehead atoms. The summed E-state index contributed by atoms with van der Waals surface area (Å²) < 4.78 is 51.5. The van der Waals surface area contributed by atoms with Crippen LogP contribution < -0.4 is 5.32 Å². The van der Waals surface area contributed by atoms with Crippen molar-refractivity contribution < 1.29 is 22.4 Å². The van der Waals surface area contributed by atoms with E-state index in [0.29, 0.717) is 6.07 Å². The van der Waals surface area contributed by atoms with Crippen LogP contribution in [0.25, 0.3) is 0 Å². The molecular weight excluding hydrogens is 238 g/mol. The molecule has 0 saturated carbocycles. The molecule has 0 unspecified atom stereocenters. The van der Waals surface area contributed by atoms with Gasteiger partial charge in [0.25, 0.3) is 5.91 Å². The monoisotopic (exact) mass is 249 g/mol. The first-order valence-electron chi connectivity index (χ1n) is 4.95. The molecule has 0 radical (unpaired) electrons. The van der Waals surface area contributed by atoms with Gasteiger partial charge < -0.3 is 5.32 Å². The summed E-state index contributed by atoms with van der Waals surface area (Å²) in [5, 5.41) is 2.28. The van der Waals surface area contributed by atoms with E-state index in [1.54, 1.807) is 13.8 Å². The third-order valence-electron chi connectivity index (χ3n) is 2.02. The first kappa shape index (κ1) is 13.5. The lowest BCUT2D eigenvalue weighted by atomic mass is 10.1. The molecule has 0 saturated heterocycles. The zero-order chi connectivity index (χ0) is 13.2. The molecule has 1 N–H and O–H groups in total. The Balaban J connectivity index is 3.02.